The quantitative estimate of drug-likeness (QED) is 0.326. The number of phenols is 1. The Morgan fingerprint density at radius 3 is 2.41 bits per heavy atom. The van der Waals surface area contributed by atoms with Gasteiger partial charge >= 0.3 is 6.03 Å². The summed E-state index contributed by atoms with van der Waals surface area (Å²) >= 11 is 0. The third-order valence-electron chi connectivity index (χ3n) is 7.65. The van der Waals surface area contributed by atoms with Gasteiger partial charge in [-0.25, -0.2) is 14.8 Å². The number of hydrogen-bond donors (Lipinski definition) is 3. The van der Waals surface area contributed by atoms with Crippen molar-refractivity contribution in [1.82, 2.24) is 25.1 Å². The first kappa shape index (κ1) is 30.3. The molecule has 2 heterocycles. The average molecular weight is 597 g/mol. The monoisotopic (exact) mass is 596 g/mol. The second-order valence-corrected chi connectivity index (χ2v) is 10.9. The largest absolute Gasteiger partial charge is 0.508 e. The summed E-state index contributed by atoms with van der Waals surface area (Å²) in [6.07, 6.45) is 1.04. The van der Waals surface area contributed by atoms with Crippen LogP contribution in [0.15, 0.2) is 91.5 Å². The number of nitrogens with one attached hydrogen (secondary N) is 2. The smallest absolute Gasteiger partial charge is 0.334 e. The normalized spacial score (nSPS) is 18.5. The maximum Gasteiger partial charge on any atom is 0.334 e. The first-order valence-electron chi connectivity index (χ1n) is 14.4. The molecule has 0 aliphatic carbocycles. The number of hydrazine groups is 1. The topological polar surface area (TPSA) is 126 Å². The van der Waals surface area contributed by atoms with Crippen LogP contribution < -0.4 is 10.6 Å². The van der Waals surface area contributed by atoms with Gasteiger partial charge in [0.2, 0.25) is 17.7 Å². The molecule has 3 aromatic carbocycles. The van der Waals surface area contributed by atoms with E-state index >= 15 is 0 Å². The fourth-order valence-electron chi connectivity index (χ4n) is 5.72. The molecular formula is C33H36N6O5. The number of urea groups is 1. The summed E-state index contributed by atoms with van der Waals surface area (Å²) in [7, 11) is 0. The molecule has 1 unspecified atom stereocenters. The van der Waals surface area contributed by atoms with Crippen LogP contribution in [0.2, 0.25) is 0 Å². The first-order chi connectivity index (χ1) is 21.2. The molecule has 2 atom stereocenters. The summed E-state index contributed by atoms with van der Waals surface area (Å²) in [6.45, 7) is 5.97. The van der Waals surface area contributed by atoms with Gasteiger partial charge in [-0.3, -0.25) is 14.4 Å². The maximum absolute atomic E-state index is 14.1. The van der Waals surface area contributed by atoms with Gasteiger partial charge in [-0.2, -0.15) is 0 Å². The number of amides is 5. The molecule has 11 heteroatoms. The van der Waals surface area contributed by atoms with Gasteiger partial charge in [-0.1, -0.05) is 60.7 Å². The molecule has 11 nitrogen and oxygen atoms in total. The number of anilines is 1. The van der Waals surface area contributed by atoms with Crippen molar-refractivity contribution in [2.24, 2.45) is 0 Å². The van der Waals surface area contributed by atoms with Crippen LogP contribution in [-0.4, -0.2) is 80.5 Å². The van der Waals surface area contributed by atoms with Gasteiger partial charge < -0.3 is 25.5 Å². The molecule has 228 valence electrons. The molecule has 2 fully saturated rings. The van der Waals surface area contributed by atoms with Gasteiger partial charge in [0.1, 0.15) is 18.0 Å². The van der Waals surface area contributed by atoms with Crippen molar-refractivity contribution in [3.63, 3.8) is 0 Å². The maximum atomic E-state index is 14.1. The molecule has 0 spiro atoms. The zero-order valence-corrected chi connectivity index (χ0v) is 24.6. The van der Waals surface area contributed by atoms with E-state index < -0.39 is 18.2 Å². The lowest BCUT2D eigenvalue weighted by Gasteiger charge is -2.55. The molecule has 44 heavy (non-hydrogen) atoms. The summed E-state index contributed by atoms with van der Waals surface area (Å²) in [5, 5.41) is 18.7. The Morgan fingerprint density at radius 1 is 0.977 bits per heavy atom. The van der Waals surface area contributed by atoms with Gasteiger partial charge in [-0.05, 0) is 41.0 Å². The fourth-order valence-corrected chi connectivity index (χ4v) is 5.72. The zero-order chi connectivity index (χ0) is 31.2. The number of hydrogen-bond acceptors (Lipinski definition) is 6. The zero-order valence-electron chi connectivity index (χ0n) is 24.6. The Labute approximate surface area is 256 Å². The van der Waals surface area contributed by atoms with E-state index in [1.165, 1.54) is 16.8 Å². The van der Waals surface area contributed by atoms with Crippen LogP contribution in [0.5, 0.6) is 5.75 Å². The van der Waals surface area contributed by atoms with Crippen LogP contribution in [0.1, 0.15) is 23.6 Å². The second kappa shape index (κ2) is 13.4. The number of rotatable bonds is 9. The van der Waals surface area contributed by atoms with E-state index in [-0.39, 0.29) is 62.6 Å². The van der Waals surface area contributed by atoms with Gasteiger partial charge in [0.25, 0.3) is 0 Å². The standard InChI is InChI=1S/C33H36N6O5/c1-3-16-37-22-31(42)38-29(18-24-12-14-28(41)15-13-24)32(43)36(20-26-10-7-11-27(17-26)35-23(2)40)21-30(38)39(37)33(44)34-19-25-8-5-4-6-9-25/h3-15,17,29-30,41H,1,16,18-22H2,2H3,(H,34,44)(H,35,40)/t29-,30?/m0/s1. The minimum atomic E-state index is -0.889. The number of carbonyl (C=O) groups excluding carboxylic acids is 4. The van der Waals surface area contributed by atoms with Crippen LogP contribution in [0, 0.1) is 0 Å². The molecule has 2 aliphatic rings. The highest BCUT2D eigenvalue weighted by atomic mass is 16.3. The van der Waals surface area contributed by atoms with Crippen molar-refractivity contribution in [3.8, 4) is 5.75 Å². The van der Waals surface area contributed by atoms with E-state index in [4.69, 9.17) is 0 Å². The van der Waals surface area contributed by atoms with Crippen LogP contribution in [0.3, 0.4) is 0 Å². The number of carbonyl (C=O) groups is 4. The van der Waals surface area contributed by atoms with E-state index in [0.717, 1.165) is 16.7 Å². The minimum absolute atomic E-state index is 0.0768. The Morgan fingerprint density at radius 2 is 1.70 bits per heavy atom. The highest BCUT2D eigenvalue weighted by molar-refractivity contribution is 5.92. The lowest BCUT2D eigenvalue weighted by Crippen LogP contribution is -2.76. The Balaban J connectivity index is 1.49. The predicted octanol–water partition coefficient (Wildman–Crippen LogP) is 3.09. The Bertz CT molecular complexity index is 1530. The van der Waals surface area contributed by atoms with Crippen molar-refractivity contribution < 1.29 is 24.3 Å². The Hall–Kier alpha value is -5.16. The molecule has 5 rings (SSSR count). The van der Waals surface area contributed by atoms with E-state index in [9.17, 15) is 24.3 Å². The highest BCUT2D eigenvalue weighted by Gasteiger charge is 2.51. The van der Waals surface area contributed by atoms with Crippen LogP contribution in [-0.2, 0) is 33.9 Å². The third-order valence-corrected chi connectivity index (χ3v) is 7.65. The summed E-state index contributed by atoms with van der Waals surface area (Å²) in [4.78, 5) is 56.5. The molecule has 3 aromatic rings. The first-order valence-corrected chi connectivity index (χ1v) is 14.4. The van der Waals surface area contributed by atoms with Crippen molar-refractivity contribution in [3.05, 3.63) is 108 Å². The molecule has 3 N–H and O–H groups in total. The second-order valence-electron chi connectivity index (χ2n) is 10.9. The van der Waals surface area contributed by atoms with Crippen molar-refractivity contribution in [2.45, 2.75) is 38.6 Å². The summed E-state index contributed by atoms with van der Waals surface area (Å²) in [5.74, 6) is -0.638. The molecule has 0 radical (unpaired) electrons. The molecule has 0 aromatic heterocycles. The van der Waals surface area contributed by atoms with Crippen LogP contribution >= 0.6 is 0 Å². The van der Waals surface area contributed by atoms with Crippen molar-refractivity contribution in [2.75, 3.05) is 25.0 Å². The molecule has 0 saturated carbocycles. The number of fused-ring (bicyclic) bond motifs is 1. The van der Waals surface area contributed by atoms with Gasteiger partial charge in [0, 0.05) is 38.7 Å². The number of aromatic hydroxyl groups is 1. The highest BCUT2D eigenvalue weighted by Crippen LogP contribution is 2.30. The Kier molecular flexibility index (Phi) is 9.25. The van der Waals surface area contributed by atoms with Gasteiger partial charge in [0.15, 0.2) is 0 Å². The summed E-state index contributed by atoms with van der Waals surface area (Å²) in [6, 6.07) is 22.0. The SMILES string of the molecule is C=CCN1CC(=O)N2C(CN(Cc3cccc(NC(C)=O)c3)C(=O)[C@@H]2Cc2ccc(O)cc2)N1C(=O)NCc1ccccc1. The predicted molar refractivity (Wildman–Crippen MR) is 165 cm³/mol. The fraction of sp³-hybridized carbons (Fsp3) is 0.273. The van der Waals surface area contributed by atoms with E-state index in [1.807, 2.05) is 36.4 Å². The number of benzene rings is 3. The number of phenolic OH excluding ortho intramolecular Hbond substituents is 1. The molecular weight excluding hydrogens is 560 g/mol. The lowest BCUT2D eigenvalue weighted by molar-refractivity contribution is -0.189. The van der Waals surface area contributed by atoms with Crippen molar-refractivity contribution in [1.29, 1.82) is 0 Å². The van der Waals surface area contributed by atoms with E-state index in [0.29, 0.717) is 5.69 Å². The molecule has 2 aliphatic heterocycles. The van der Waals surface area contributed by atoms with E-state index in [1.54, 1.807) is 58.4 Å². The minimum Gasteiger partial charge on any atom is -0.508 e. The van der Waals surface area contributed by atoms with Crippen LogP contribution in [0.25, 0.3) is 0 Å². The van der Waals surface area contributed by atoms with Gasteiger partial charge in [0.05, 0.1) is 13.1 Å². The van der Waals surface area contributed by atoms with Crippen LogP contribution in [0.4, 0.5) is 10.5 Å². The molecule has 5 amide bonds. The van der Waals surface area contributed by atoms with E-state index in [2.05, 4.69) is 17.2 Å². The van der Waals surface area contributed by atoms with Gasteiger partial charge in [-0.15, -0.1) is 6.58 Å². The average Bonchev–Trinajstić information content (AvgIpc) is 2.99. The number of piperazine rings is 1. The third kappa shape index (κ3) is 6.90. The summed E-state index contributed by atoms with van der Waals surface area (Å²) in [5.41, 5.74) is 3.07. The van der Waals surface area contributed by atoms with Crippen molar-refractivity contribution >= 4 is 29.4 Å². The number of nitrogens with zero attached hydrogens (tertiary/aromatic N) is 4. The molecule has 2 saturated heterocycles. The lowest BCUT2D eigenvalue weighted by atomic mass is 9.98. The molecule has 0 bridgehead atoms. The summed E-state index contributed by atoms with van der Waals surface area (Å²) < 4.78 is 0.